The highest BCUT2D eigenvalue weighted by Gasteiger charge is 2.37. The van der Waals surface area contributed by atoms with Crippen LogP contribution in [0.3, 0.4) is 0 Å². The molecule has 1 fully saturated rings. The van der Waals surface area contributed by atoms with Crippen molar-refractivity contribution >= 4 is 11.9 Å². The fourth-order valence-electron chi connectivity index (χ4n) is 1.41. The zero-order valence-corrected chi connectivity index (χ0v) is 8.62. The number of rotatable bonds is 5. The highest BCUT2D eigenvalue weighted by Crippen LogP contribution is 2.32. The zero-order valence-electron chi connectivity index (χ0n) is 8.62. The highest BCUT2D eigenvalue weighted by molar-refractivity contribution is 5.84. The number of carbonyl (C=O) groups is 2. The molecule has 1 amide bonds. The lowest BCUT2D eigenvalue weighted by atomic mass is 10.1. The summed E-state index contributed by atoms with van der Waals surface area (Å²) in [4.78, 5) is 22.1. The van der Waals surface area contributed by atoms with E-state index in [2.05, 4.69) is 5.32 Å². The molecule has 0 aromatic carbocycles. The molecule has 2 N–H and O–H groups in total. The van der Waals surface area contributed by atoms with Gasteiger partial charge in [0.1, 0.15) is 6.04 Å². The number of carboxylic acid groups (broad SMARTS) is 1. The lowest BCUT2D eigenvalue weighted by Gasteiger charge is -2.14. The van der Waals surface area contributed by atoms with Crippen molar-refractivity contribution in [2.45, 2.75) is 39.2 Å². The van der Waals surface area contributed by atoms with Gasteiger partial charge in [0.05, 0.1) is 0 Å². The zero-order chi connectivity index (χ0) is 10.7. The van der Waals surface area contributed by atoms with E-state index in [0.29, 0.717) is 6.42 Å². The summed E-state index contributed by atoms with van der Waals surface area (Å²) in [5.41, 5.74) is 0. The van der Waals surface area contributed by atoms with Gasteiger partial charge >= 0.3 is 5.97 Å². The Morgan fingerprint density at radius 2 is 2.00 bits per heavy atom. The predicted octanol–water partition coefficient (Wildman–Crippen LogP) is 1.01. The normalized spacial score (nSPS) is 17.9. The van der Waals surface area contributed by atoms with Crippen LogP contribution < -0.4 is 5.32 Å². The van der Waals surface area contributed by atoms with Crippen LogP contribution in [0.4, 0.5) is 0 Å². The van der Waals surface area contributed by atoms with E-state index in [4.69, 9.17) is 5.11 Å². The summed E-state index contributed by atoms with van der Waals surface area (Å²) in [6, 6.07) is -0.666. The van der Waals surface area contributed by atoms with Crippen molar-refractivity contribution in [3.05, 3.63) is 0 Å². The smallest absolute Gasteiger partial charge is 0.326 e. The first-order valence-electron chi connectivity index (χ1n) is 5.03. The van der Waals surface area contributed by atoms with Gasteiger partial charge in [-0.05, 0) is 24.7 Å². The van der Waals surface area contributed by atoms with E-state index in [0.717, 1.165) is 12.8 Å². The van der Waals surface area contributed by atoms with Gasteiger partial charge in [0, 0.05) is 6.42 Å². The Kier molecular flexibility index (Phi) is 3.49. The molecule has 1 aliphatic carbocycles. The summed E-state index contributed by atoms with van der Waals surface area (Å²) in [6.45, 7) is 3.87. The lowest BCUT2D eigenvalue weighted by Crippen LogP contribution is -2.42. The van der Waals surface area contributed by atoms with Crippen LogP contribution in [0.2, 0.25) is 0 Å². The van der Waals surface area contributed by atoms with Gasteiger partial charge in [-0.15, -0.1) is 0 Å². The SMILES string of the molecule is CC(C)CC(=O)NC(C(=O)O)C1CC1. The van der Waals surface area contributed by atoms with Gasteiger partial charge in [-0.3, -0.25) is 4.79 Å². The van der Waals surface area contributed by atoms with Crippen molar-refractivity contribution in [1.82, 2.24) is 5.32 Å². The Morgan fingerprint density at radius 1 is 1.43 bits per heavy atom. The first-order valence-corrected chi connectivity index (χ1v) is 5.03. The fourth-order valence-corrected chi connectivity index (χ4v) is 1.41. The summed E-state index contributed by atoms with van der Waals surface area (Å²) >= 11 is 0. The second-order valence-corrected chi connectivity index (χ2v) is 4.32. The molecule has 0 spiro atoms. The molecule has 0 aromatic rings. The van der Waals surface area contributed by atoms with Crippen LogP contribution in [0.25, 0.3) is 0 Å². The van der Waals surface area contributed by atoms with Gasteiger partial charge in [-0.25, -0.2) is 4.79 Å². The Balaban J connectivity index is 2.39. The van der Waals surface area contributed by atoms with Crippen molar-refractivity contribution < 1.29 is 14.7 Å². The second kappa shape index (κ2) is 4.44. The average Bonchev–Trinajstić information content (AvgIpc) is 2.80. The van der Waals surface area contributed by atoms with Gasteiger partial charge in [-0.2, -0.15) is 0 Å². The number of aliphatic carboxylic acids is 1. The highest BCUT2D eigenvalue weighted by atomic mass is 16.4. The minimum Gasteiger partial charge on any atom is -0.480 e. The Hall–Kier alpha value is -1.06. The molecule has 0 radical (unpaired) electrons. The number of hydrogen-bond acceptors (Lipinski definition) is 2. The minimum atomic E-state index is -0.912. The van der Waals surface area contributed by atoms with Crippen LogP contribution in [-0.4, -0.2) is 23.0 Å². The first-order chi connectivity index (χ1) is 6.50. The van der Waals surface area contributed by atoms with E-state index in [-0.39, 0.29) is 17.7 Å². The van der Waals surface area contributed by atoms with Gasteiger partial charge in [0.15, 0.2) is 0 Å². The summed E-state index contributed by atoms with van der Waals surface area (Å²) < 4.78 is 0. The van der Waals surface area contributed by atoms with E-state index in [1.54, 1.807) is 0 Å². The summed E-state index contributed by atoms with van der Waals surface area (Å²) in [5, 5.41) is 11.4. The van der Waals surface area contributed by atoms with Gasteiger partial charge in [-0.1, -0.05) is 13.8 Å². The molecule has 0 aromatic heterocycles. The Morgan fingerprint density at radius 3 is 2.36 bits per heavy atom. The molecule has 4 nitrogen and oxygen atoms in total. The molecule has 4 heteroatoms. The summed E-state index contributed by atoms with van der Waals surface area (Å²) in [6.07, 6.45) is 2.23. The van der Waals surface area contributed by atoms with Crippen molar-refractivity contribution in [3.8, 4) is 0 Å². The number of carbonyl (C=O) groups excluding carboxylic acids is 1. The van der Waals surface area contributed by atoms with Crippen LogP contribution in [0.1, 0.15) is 33.1 Å². The molecule has 0 heterocycles. The topological polar surface area (TPSA) is 66.4 Å². The molecular formula is C10H17NO3. The van der Waals surface area contributed by atoms with Crippen LogP contribution >= 0.6 is 0 Å². The predicted molar refractivity (Wildman–Crippen MR) is 51.7 cm³/mol. The fraction of sp³-hybridized carbons (Fsp3) is 0.800. The van der Waals surface area contributed by atoms with Crippen molar-refractivity contribution in [1.29, 1.82) is 0 Å². The third kappa shape index (κ3) is 3.36. The molecule has 14 heavy (non-hydrogen) atoms. The Bertz CT molecular complexity index is 234. The van der Waals surface area contributed by atoms with Crippen molar-refractivity contribution in [2.75, 3.05) is 0 Å². The molecule has 0 saturated heterocycles. The summed E-state index contributed by atoms with van der Waals surface area (Å²) in [7, 11) is 0. The Labute approximate surface area is 83.7 Å². The maximum atomic E-state index is 11.3. The van der Waals surface area contributed by atoms with E-state index in [1.165, 1.54) is 0 Å². The van der Waals surface area contributed by atoms with Crippen LogP contribution in [0.5, 0.6) is 0 Å². The molecule has 1 aliphatic rings. The van der Waals surface area contributed by atoms with E-state index >= 15 is 0 Å². The maximum absolute atomic E-state index is 11.3. The largest absolute Gasteiger partial charge is 0.480 e. The van der Waals surface area contributed by atoms with E-state index in [1.807, 2.05) is 13.8 Å². The van der Waals surface area contributed by atoms with E-state index in [9.17, 15) is 9.59 Å². The standard InChI is InChI=1S/C10H17NO3/c1-6(2)5-8(12)11-9(10(13)14)7-3-4-7/h6-7,9H,3-5H2,1-2H3,(H,11,12)(H,13,14). The van der Waals surface area contributed by atoms with Gasteiger partial charge in [0.25, 0.3) is 0 Å². The molecule has 0 bridgehead atoms. The molecule has 1 atom stereocenters. The molecular weight excluding hydrogens is 182 g/mol. The van der Waals surface area contributed by atoms with Crippen molar-refractivity contribution in [3.63, 3.8) is 0 Å². The molecule has 1 saturated carbocycles. The van der Waals surface area contributed by atoms with Gasteiger partial charge in [0.2, 0.25) is 5.91 Å². The maximum Gasteiger partial charge on any atom is 0.326 e. The second-order valence-electron chi connectivity index (χ2n) is 4.32. The van der Waals surface area contributed by atoms with E-state index < -0.39 is 12.0 Å². The third-order valence-corrected chi connectivity index (χ3v) is 2.27. The first kappa shape index (κ1) is 11.0. The van der Waals surface area contributed by atoms with Crippen LogP contribution in [-0.2, 0) is 9.59 Å². The quantitative estimate of drug-likeness (QED) is 0.694. The number of amides is 1. The monoisotopic (exact) mass is 199 g/mol. The molecule has 1 rings (SSSR count). The minimum absolute atomic E-state index is 0.153. The molecule has 0 aliphatic heterocycles. The van der Waals surface area contributed by atoms with Crippen LogP contribution in [0, 0.1) is 11.8 Å². The van der Waals surface area contributed by atoms with Crippen molar-refractivity contribution in [2.24, 2.45) is 11.8 Å². The number of nitrogens with one attached hydrogen (secondary N) is 1. The van der Waals surface area contributed by atoms with Gasteiger partial charge < -0.3 is 10.4 Å². The third-order valence-electron chi connectivity index (χ3n) is 2.27. The average molecular weight is 199 g/mol. The summed E-state index contributed by atoms with van der Waals surface area (Å²) in [5.74, 6) is -0.642. The number of hydrogen-bond donors (Lipinski definition) is 2. The molecule has 1 unspecified atom stereocenters. The molecule has 80 valence electrons. The van der Waals surface area contributed by atoms with Crippen LogP contribution in [0.15, 0.2) is 0 Å². The lowest BCUT2D eigenvalue weighted by molar-refractivity contribution is -0.142. The number of carboxylic acids is 1.